The summed E-state index contributed by atoms with van der Waals surface area (Å²) < 4.78 is 4.96. The monoisotopic (exact) mass is 261 g/mol. The number of aromatic nitrogens is 2. The van der Waals surface area contributed by atoms with Crippen LogP contribution in [0.1, 0.15) is 21.6 Å². The van der Waals surface area contributed by atoms with Crippen LogP contribution in [0.2, 0.25) is 0 Å². The smallest absolute Gasteiger partial charge is 0.255 e. The van der Waals surface area contributed by atoms with Crippen molar-refractivity contribution in [3.63, 3.8) is 0 Å². The maximum atomic E-state index is 11.9. The Morgan fingerprint density at radius 1 is 1.53 bits per heavy atom. The third-order valence-corrected chi connectivity index (χ3v) is 2.82. The number of H-pyrrole nitrogens is 1. The molecule has 2 rings (SSSR count). The van der Waals surface area contributed by atoms with Crippen LogP contribution >= 0.6 is 0 Å². The van der Waals surface area contributed by atoms with E-state index in [4.69, 9.17) is 4.74 Å². The van der Waals surface area contributed by atoms with Crippen molar-refractivity contribution in [3.8, 4) is 11.5 Å². The molecule has 0 fully saturated rings. The van der Waals surface area contributed by atoms with Crippen molar-refractivity contribution in [1.29, 1.82) is 0 Å². The van der Waals surface area contributed by atoms with Crippen molar-refractivity contribution < 1.29 is 14.6 Å². The number of hydrogen-bond donors (Lipinski definition) is 3. The number of nitrogens with zero attached hydrogens (tertiary/aromatic N) is 1. The number of aromatic amines is 1. The number of methoxy groups -OCH3 is 1. The van der Waals surface area contributed by atoms with Crippen molar-refractivity contribution >= 4 is 5.91 Å². The Bertz CT molecular complexity index is 593. The molecule has 1 aromatic heterocycles. The summed E-state index contributed by atoms with van der Waals surface area (Å²) in [6.45, 7) is 2.23. The number of carbonyl (C=O) groups is 1. The van der Waals surface area contributed by atoms with Gasteiger partial charge in [0.2, 0.25) is 0 Å². The zero-order valence-electron chi connectivity index (χ0n) is 10.7. The van der Waals surface area contributed by atoms with E-state index in [-0.39, 0.29) is 17.2 Å². The molecule has 0 saturated heterocycles. The lowest BCUT2D eigenvalue weighted by Crippen LogP contribution is -2.23. The van der Waals surface area contributed by atoms with Crippen molar-refractivity contribution in [3.05, 3.63) is 41.2 Å². The molecule has 0 aliphatic carbocycles. The highest BCUT2D eigenvalue weighted by Gasteiger charge is 2.12. The number of nitrogens with one attached hydrogen (secondary N) is 2. The Labute approximate surface area is 110 Å². The summed E-state index contributed by atoms with van der Waals surface area (Å²) in [5.41, 5.74) is 2.02. The van der Waals surface area contributed by atoms with E-state index >= 15 is 0 Å². The lowest BCUT2D eigenvalue weighted by atomic mass is 10.1. The molecule has 0 aliphatic heterocycles. The van der Waals surface area contributed by atoms with Crippen LogP contribution < -0.4 is 10.1 Å². The first-order valence-electron chi connectivity index (χ1n) is 5.76. The van der Waals surface area contributed by atoms with Crippen molar-refractivity contribution in [2.75, 3.05) is 7.11 Å². The summed E-state index contributed by atoms with van der Waals surface area (Å²) in [5, 5.41) is 19.1. The quantitative estimate of drug-likeness (QED) is 0.775. The molecule has 0 saturated carbocycles. The van der Waals surface area contributed by atoms with Crippen LogP contribution in [0, 0.1) is 6.92 Å². The number of aromatic hydroxyl groups is 1. The third kappa shape index (κ3) is 2.85. The Morgan fingerprint density at radius 2 is 2.32 bits per heavy atom. The van der Waals surface area contributed by atoms with Gasteiger partial charge in [0.25, 0.3) is 5.91 Å². The average Bonchev–Trinajstić information content (AvgIpc) is 2.81. The molecule has 100 valence electrons. The Balaban J connectivity index is 2.06. The number of rotatable bonds is 4. The molecule has 6 heteroatoms. The van der Waals surface area contributed by atoms with Crippen LogP contribution in [0.25, 0.3) is 0 Å². The SMILES string of the molecule is COc1ccc(C(=O)NCc2cn[nH]c2C)c(O)c1. The molecule has 19 heavy (non-hydrogen) atoms. The highest BCUT2D eigenvalue weighted by Crippen LogP contribution is 2.23. The van der Waals surface area contributed by atoms with Gasteiger partial charge in [0, 0.05) is 23.9 Å². The molecule has 0 radical (unpaired) electrons. The third-order valence-electron chi connectivity index (χ3n) is 2.82. The molecule has 3 N–H and O–H groups in total. The molecule has 1 heterocycles. The van der Waals surface area contributed by atoms with Gasteiger partial charge in [0.05, 0.1) is 18.9 Å². The van der Waals surface area contributed by atoms with E-state index in [1.165, 1.54) is 19.2 Å². The van der Waals surface area contributed by atoms with E-state index in [0.29, 0.717) is 12.3 Å². The van der Waals surface area contributed by atoms with Crippen LogP contribution in [-0.4, -0.2) is 28.3 Å². The molecule has 0 bridgehead atoms. The predicted octanol–water partition coefficient (Wildman–Crippen LogP) is 1.36. The molecule has 0 unspecified atom stereocenters. The van der Waals surface area contributed by atoms with Gasteiger partial charge in [-0.15, -0.1) is 0 Å². The minimum Gasteiger partial charge on any atom is -0.507 e. The summed E-state index contributed by atoms with van der Waals surface area (Å²) in [5.74, 6) is 0.0428. The van der Waals surface area contributed by atoms with Gasteiger partial charge in [-0.3, -0.25) is 9.89 Å². The van der Waals surface area contributed by atoms with E-state index in [0.717, 1.165) is 11.3 Å². The molecular weight excluding hydrogens is 246 g/mol. The molecule has 2 aromatic rings. The Morgan fingerprint density at radius 3 is 2.89 bits per heavy atom. The average molecular weight is 261 g/mol. The maximum Gasteiger partial charge on any atom is 0.255 e. The van der Waals surface area contributed by atoms with E-state index in [9.17, 15) is 9.90 Å². The van der Waals surface area contributed by atoms with Crippen LogP contribution in [-0.2, 0) is 6.54 Å². The first-order valence-corrected chi connectivity index (χ1v) is 5.76. The van der Waals surface area contributed by atoms with E-state index in [1.54, 1.807) is 12.3 Å². The standard InChI is InChI=1S/C13H15N3O3/c1-8-9(7-15-16-8)6-14-13(18)11-4-3-10(19-2)5-12(11)17/h3-5,7,17H,6H2,1-2H3,(H,14,18)(H,15,16). The van der Waals surface area contributed by atoms with Crippen LogP contribution in [0.4, 0.5) is 0 Å². The van der Waals surface area contributed by atoms with Gasteiger partial charge in [0.1, 0.15) is 11.5 Å². The minimum absolute atomic E-state index is 0.110. The first kappa shape index (κ1) is 12.9. The number of amides is 1. The molecule has 0 aliphatic rings. The van der Waals surface area contributed by atoms with Crippen molar-refractivity contribution in [1.82, 2.24) is 15.5 Å². The van der Waals surface area contributed by atoms with Gasteiger partial charge in [-0.1, -0.05) is 0 Å². The second-order valence-electron chi connectivity index (χ2n) is 4.09. The van der Waals surface area contributed by atoms with Gasteiger partial charge < -0.3 is 15.2 Å². The van der Waals surface area contributed by atoms with Crippen LogP contribution in [0.15, 0.2) is 24.4 Å². The highest BCUT2D eigenvalue weighted by atomic mass is 16.5. The lowest BCUT2D eigenvalue weighted by Gasteiger charge is -2.07. The fourth-order valence-electron chi connectivity index (χ4n) is 1.66. The van der Waals surface area contributed by atoms with Gasteiger partial charge in [-0.2, -0.15) is 5.10 Å². The molecule has 0 spiro atoms. The maximum absolute atomic E-state index is 11.9. The summed E-state index contributed by atoms with van der Waals surface area (Å²) in [6.07, 6.45) is 1.66. The number of hydrogen-bond acceptors (Lipinski definition) is 4. The number of benzene rings is 1. The predicted molar refractivity (Wildman–Crippen MR) is 69.2 cm³/mol. The topological polar surface area (TPSA) is 87.2 Å². The fourth-order valence-corrected chi connectivity index (χ4v) is 1.66. The van der Waals surface area contributed by atoms with E-state index in [1.807, 2.05) is 6.92 Å². The Hall–Kier alpha value is -2.50. The van der Waals surface area contributed by atoms with Crippen LogP contribution in [0.3, 0.4) is 0 Å². The van der Waals surface area contributed by atoms with Gasteiger partial charge in [-0.05, 0) is 19.1 Å². The van der Waals surface area contributed by atoms with E-state index < -0.39 is 0 Å². The zero-order chi connectivity index (χ0) is 13.8. The Kier molecular flexibility index (Phi) is 3.70. The number of aryl methyl sites for hydroxylation is 1. The molecule has 0 atom stereocenters. The molecule has 1 aromatic carbocycles. The number of carbonyl (C=O) groups excluding carboxylic acids is 1. The number of ether oxygens (including phenoxy) is 1. The molecule has 6 nitrogen and oxygen atoms in total. The minimum atomic E-state index is -0.347. The highest BCUT2D eigenvalue weighted by molar-refractivity contribution is 5.96. The zero-order valence-corrected chi connectivity index (χ0v) is 10.7. The number of phenolic OH excluding ortho intramolecular Hbond substituents is 1. The summed E-state index contributed by atoms with van der Waals surface area (Å²) in [7, 11) is 1.50. The largest absolute Gasteiger partial charge is 0.507 e. The summed E-state index contributed by atoms with van der Waals surface area (Å²) >= 11 is 0. The number of phenols is 1. The molecule has 1 amide bonds. The summed E-state index contributed by atoms with van der Waals surface area (Å²) in [4.78, 5) is 11.9. The summed E-state index contributed by atoms with van der Waals surface area (Å²) in [6, 6.07) is 4.54. The molecular formula is C13H15N3O3. The van der Waals surface area contributed by atoms with Crippen LogP contribution in [0.5, 0.6) is 11.5 Å². The second kappa shape index (κ2) is 5.43. The van der Waals surface area contributed by atoms with E-state index in [2.05, 4.69) is 15.5 Å². The van der Waals surface area contributed by atoms with Gasteiger partial charge in [-0.25, -0.2) is 0 Å². The van der Waals surface area contributed by atoms with Crippen molar-refractivity contribution in [2.45, 2.75) is 13.5 Å². The fraction of sp³-hybridized carbons (Fsp3) is 0.231. The van der Waals surface area contributed by atoms with Crippen molar-refractivity contribution in [2.24, 2.45) is 0 Å². The normalized spacial score (nSPS) is 10.2. The van der Waals surface area contributed by atoms with Gasteiger partial charge >= 0.3 is 0 Å². The second-order valence-corrected chi connectivity index (χ2v) is 4.09. The van der Waals surface area contributed by atoms with Gasteiger partial charge in [0.15, 0.2) is 0 Å². The lowest BCUT2D eigenvalue weighted by molar-refractivity contribution is 0.0948. The first-order chi connectivity index (χ1) is 9.11.